The average Bonchev–Trinajstić information content (AvgIpc) is 2.60. The van der Waals surface area contributed by atoms with Gasteiger partial charge in [-0.1, -0.05) is 30.3 Å². The molecule has 0 saturated carbocycles. The Labute approximate surface area is 137 Å². The molecule has 0 atom stereocenters. The van der Waals surface area contributed by atoms with Crippen molar-refractivity contribution in [2.75, 3.05) is 25.6 Å². The molecule has 0 aliphatic carbocycles. The first kappa shape index (κ1) is 15.4. The van der Waals surface area contributed by atoms with Crippen molar-refractivity contribution < 1.29 is 9.53 Å². The fraction of sp³-hybridized carbons (Fsp3) is 0.316. The molecule has 0 unspecified atom stereocenters. The van der Waals surface area contributed by atoms with Crippen LogP contribution in [0.2, 0.25) is 0 Å². The maximum Gasteiger partial charge on any atom is 0.324 e. The summed E-state index contributed by atoms with van der Waals surface area (Å²) < 4.78 is 5.29. The molecule has 2 aromatic carbocycles. The number of nitrogens with zero attached hydrogens (tertiary/aromatic N) is 2. The number of carbonyl (C=O) groups excluding carboxylic acids is 1. The van der Waals surface area contributed by atoms with Crippen molar-refractivity contribution >= 4 is 11.7 Å². The van der Waals surface area contributed by atoms with Gasteiger partial charge in [0.25, 0.3) is 0 Å². The maximum atomic E-state index is 12.8. The van der Waals surface area contributed by atoms with E-state index >= 15 is 0 Å². The van der Waals surface area contributed by atoms with Crippen molar-refractivity contribution in [2.45, 2.75) is 19.4 Å². The SMILES string of the molecule is COc1ccc2c(c1)CCCN2C(=O)N(C)Cc1ccccc1. The quantitative estimate of drug-likeness (QED) is 0.866. The Hall–Kier alpha value is -2.49. The first-order valence-electron chi connectivity index (χ1n) is 7.92. The maximum absolute atomic E-state index is 12.8. The van der Waals surface area contributed by atoms with Crippen LogP contribution < -0.4 is 9.64 Å². The normalized spacial score (nSPS) is 13.4. The van der Waals surface area contributed by atoms with E-state index in [0.29, 0.717) is 6.54 Å². The first-order valence-corrected chi connectivity index (χ1v) is 7.92. The zero-order valence-electron chi connectivity index (χ0n) is 13.7. The number of anilines is 1. The van der Waals surface area contributed by atoms with Gasteiger partial charge in [-0.25, -0.2) is 4.79 Å². The van der Waals surface area contributed by atoms with E-state index in [9.17, 15) is 4.79 Å². The van der Waals surface area contributed by atoms with Gasteiger partial charge in [-0.3, -0.25) is 4.90 Å². The van der Waals surface area contributed by atoms with Crippen LogP contribution in [0.3, 0.4) is 0 Å². The number of carbonyl (C=O) groups is 1. The van der Waals surface area contributed by atoms with E-state index in [1.165, 1.54) is 5.56 Å². The van der Waals surface area contributed by atoms with Crippen LogP contribution in [0.4, 0.5) is 10.5 Å². The monoisotopic (exact) mass is 310 g/mol. The van der Waals surface area contributed by atoms with E-state index in [-0.39, 0.29) is 6.03 Å². The van der Waals surface area contributed by atoms with Crippen molar-refractivity contribution in [3.63, 3.8) is 0 Å². The molecule has 2 aromatic rings. The summed E-state index contributed by atoms with van der Waals surface area (Å²) in [6.07, 6.45) is 1.96. The molecule has 0 aromatic heterocycles. The minimum atomic E-state index is 0.0416. The van der Waals surface area contributed by atoms with Gasteiger partial charge >= 0.3 is 6.03 Å². The standard InChI is InChI=1S/C19H22N2O2/c1-20(14-15-7-4-3-5-8-15)19(22)21-12-6-9-16-13-17(23-2)10-11-18(16)21/h3-5,7-8,10-11,13H,6,9,12,14H2,1-2H3. The molecule has 1 aliphatic heterocycles. The molecular weight excluding hydrogens is 288 g/mol. The largest absolute Gasteiger partial charge is 0.497 e. The first-order chi connectivity index (χ1) is 11.2. The molecule has 4 heteroatoms. The van der Waals surface area contributed by atoms with Gasteiger partial charge in [0.05, 0.1) is 7.11 Å². The molecule has 0 N–H and O–H groups in total. The molecule has 0 spiro atoms. The van der Waals surface area contributed by atoms with Crippen LogP contribution >= 0.6 is 0 Å². The number of fused-ring (bicyclic) bond motifs is 1. The summed E-state index contributed by atoms with van der Waals surface area (Å²) in [5.41, 5.74) is 3.31. The molecule has 0 radical (unpaired) electrons. The second kappa shape index (κ2) is 6.73. The summed E-state index contributed by atoms with van der Waals surface area (Å²) in [6, 6.07) is 16.0. The van der Waals surface area contributed by atoms with E-state index in [0.717, 1.165) is 36.4 Å². The lowest BCUT2D eigenvalue weighted by atomic mass is 10.0. The highest BCUT2D eigenvalue weighted by Gasteiger charge is 2.25. The van der Waals surface area contributed by atoms with Crippen LogP contribution in [0.5, 0.6) is 5.75 Å². The molecule has 2 amide bonds. The van der Waals surface area contributed by atoms with E-state index in [4.69, 9.17) is 4.74 Å². The minimum absolute atomic E-state index is 0.0416. The zero-order chi connectivity index (χ0) is 16.2. The van der Waals surface area contributed by atoms with E-state index in [1.54, 1.807) is 12.0 Å². The van der Waals surface area contributed by atoms with Gasteiger partial charge in [0, 0.05) is 25.8 Å². The van der Waals surface area contributed by atoms with Crippen molar-refractivity contribution in [3.05, 3.63) is 59.7 Å². The number of rotatable bonds is 3. The number of ether oxygens (including phenoxy) is 1. The van der Waals surface area contributed by atoms with Crippen molar-refractivity contribution in [1.82, 2.24) is 4.90 Å². The van der Waals surface area contributed by atoms with Crippen molar-refractivity contribution in [3.8, 4) is 5.75 Å². The van der Waals surface area contributed by atoms with Crippen LogP contribution in [0.1, 0.15) is 17.5 Å². The summed E-state index contributed by atoms with van der Waals surface area (Å²) in [6.45, 7) is 1.37. The third-order valence-electron chi connectivity index (χ3n) is 4.23. The summed E-state index contributed by atoms with van der Waals surface area (Å²) >= 11 is 0. The second-order valence-electron chi connectivity index (χ2n) is 5.87. The van der Waals surface area contributed by atoms with Gasteiger partial charge in [-0.15, -0.1) is 0 Å². The Morgan fingerprint density at radius 2 is 2.00 bits per heavy atom. The van der Waals surface area contributed by atoms with Gasteiger partial charge in [0.1, 0.15) is 5.75 Å². The predicted octanol–water partition coefficient (Wildman–Crippen LogP) is 3.70. The van der Waals surface area contributed by atoms with Crippen LogP contribution in [0, 0.1) is 0 Å². The number of hydrogen-bond donors (Lipinski definition) is 0. The second-order valence-corrected chi connectivity index (χ2v) is 5.87. The Morgan fingerprint density at radius 3 is 2.74 bits per heavy atom. The highest BCUT2D eigenvalue weighted by molar-refractivity contribution is 5.93. The van der Waals surface area contributed by atoms with E-state index in [2.05, 4.69) is 0 Å². The van der Waals surface area contributed by atoms with Crippen molar-refractivity contribution in [1.29, 1.82) is 0 Å². The molecular formula is C19H22N2O2. The van der Waals surface area contributed by atoms with Gasteiger partial charge in [0.2, 0.25) is 0 Å². The number of benzene rings is 2. The summed E-state index contributed by atoms with van der Waals surface area (Å²) in [5, 5.41) is 0. The van der Waals surface area contributed by atoms with Crippen LogP contribution in [-0.4, -0.2) is 31.6 Å². The number of aryl methyl sites for hydroxylation is 1. The molecule has 0 bridgehead atoms. The molecule has 4 nitrogen and oxygen atoms in total. The van der Waals surface area contributed by atoms with E-state index in [1.807, 2.05) is 60.5 Å². The van der Waals surface area contributed by atoms with E-state index < -0.39 is 0 Å². The topological polar surface area (TPSA) is 32.8 Å². The molecule has 1 aliphatic rings. The Morgan fingerprint density at radius 1 is 1.22 bits per heavy atom. The number of amides is 2. The van der Waals surface area contributed by atoms with Gasteiger partial charge in [-0.2, -0.15) is 0 Å². The van der Waals surface area contributed by atoms with Gasteiger partial charge < -0.3 is 9.64 Å². The fourth-order valence-corrected chi connectivity index (χ4v) is 3.03. The lowest BCUT2D eigenvalue weighted by Gasteiger charge is -2.33. The Balaban J connectivity index is 1.78. The average molecular weight is 310 g/mol. The minimum Gasteiger partial charge on any atom is -0.497 e. The predicted molar refractivity (Wildman–Crippen MR) is 92.0 cm³/mol. The van der Waals surface area contributed by atoms with Crippen LogP contribution in [0.15, 0.2) is 48.5 Å². The third kappa shape index (κ3) is 3.31. The summed E-state index contributed by atoms with van der Waals surface area (Å²) in [7, 11) is 3.52. The molecule has 3 rings (SSSR count). The molecule has 1 heterocycles. The third-order valence-corrected chi connectivity index (χ3v) is 4.23. The van der Waals surface area contributed by atoms with Gasteiger partial charge in [0.15, 0.2) is 0 Å². The number of urea groups is 1. The lowest BCUT2D eigenvalue weighted by molar-refractivity contribution is 0.213. The molecule has 120 valence electrons. The highest BCUT2D eigenvalue weighted by Crippen LogP contribution is 2.31. The lowest BCUT2D eigenvalue weighted by Crippen LogP contribution is -2.43. The zero-order valence-corrected chi connectivity index (χ0v) is 13.7. The summed E-state index contributed by atoms with van der Waals surface area (Å²) in [4.78, 5) is 16.5. The van der Waals surface area contributed by atoms with Crippen molar-refractivity contribution in [2.24, 2.45) is 0 Å². The Bertz CT molecular complexity index is 685. The molecule has 0 fully saturated rings. The van der Waals surface area contributed by atoms with Gasteiger partial charge in [-0.05, 0) is 42.2 Å². The fourth-order valence-electron chi connectivity index (χ4n) is 3.03. The Kier molecular flexibility index (Phi) is 4.51. The smallest absolute Gasteiger partial charge is 0.324 e. The number of hydrogen-bond acceptors (Lipinski definition) is 2. The van der Waals surface area contributed by atoms with Crippen LogP contribution in [-0.2, 0) is 13.0 Å². The number of methoxy groups -OCH3 is 1. The van der Waals surface area contributed by atoms with Crippen LogP contribution in [0.25, 0.3) is 0 Å². The summed E-state index contributed by atoms with van der Waals surface area (Å²) in [5.74, 6) is 0.843. The highest BCUT2D eigenvalue weighted by atomic mass is 16.5. The molecule has 23 heavy (non-hydrogen) atoms. The molecule has 0 saturated heterocycles.